The lowest BCUT2D eigenvalue weighted by Gasteiger charge is -2.34. The summed E-state index contributed by atoms with van der Waals surface area (Å²) in [4.78, 5) is 29.5. The molecule has 45 heavy (non-hydrogen) atoms. The summed E-state index contributed by atoms with van der Waals surface area (Å²) in [6.07, 6.45) is 1.74. The molecule has 0 heterocycles. The van der Waals surface area contributed by atoms with Crippen molar-refractivity contribution in [3.8, 4) is 0 Å². The third-order valence-corrected chi connectivity index (χ3v) is 9.71. The van der Waals surface area contributed by atoms with Crippen LogP contribution in [0.5, 0.6) is 0 Å². The molecular weight excluding hydrogens is 636 g/mol. The summed E-state index contributed by atoms with van der Waals surface area (Å²) >= 11 is 13.1. The third-order valence-electron chi connectivity index (χ3n) is 7.22. The van der Waals surface area contributed by atoms with Crippen LogP contribution in [0, 0.1) is 5.82 Å². The van der Waals surface area contributed by atoms with Gasteiger partial charge in [-0.1, -0.05) is 91.1 Å². The Kier molecular flexibility index (Phi) is 12.0. The van der Waals surface area contributed by atoms with Crippen molar-refractivity contribution in [1.29, 1.82) is 0 Å². The van der Waals surface area contributed by atoms with E-state index >= 15 is 0 Å². The van der Waals surface area contributed by atoms with Crippen LogP contribution in [0.3, 0.4) is 0 Å². The molecule has 0 aliphatic carbocycles. The number of amides is 2. The molecule has 0 saturated heterocycles. The van der Waals surface area contributed by atoms with Gasteiger partial charge in [0.15, 0.2) is 0 Å². The maximum atomic E-state index is 14.4. The Hall–Kier alpha value is -3.92. The van der Waals surface area contributed by atoms with Crippen LogP contribution >= 0.6 is 23.2 Å². The molecule has 4 aromatic rings. The SMILES string of the molecule is CCCCNC(=O)[C@H](Cc1ccccc1)N(Cc1c(Cl)cccc1Cl)C(=O)CN(c1ccc(F)cc1)S(=O)(=O)c1ccccc1. The normalized spacial score (nSPS) is 11.9. The molecule has 11 heteroatoms. The number of anilines is 1. The highest BCUT2D eigenvalue weighted by atomic mass is 35.5. The fourth-order valence-electron chi connectivity index (χ4n) is 4.77. The molecule has 0 unspecified atom stereocenters. The Balaban J connectivity index is 1.81. The van der Waals surface area contributed by atoms with Crippen molar-refractivity contribution in [1.82, 2.24) is 10.2 Å². The van der Waals surface area contributed by atoms with Gasteiger partial charge in [-0.05, 0) is 60.5 Å². The Morgan fingerprint density at radius 1 is 0.844 bits per heavy atom. The van der Waals surface area contributed by atoms with Gasteiger partial charge < -0.3 is 10.2 Å². The van der Waals surface area contributed by atoms with Crippen molar-refractivity contribution < 1.29 is 22.4 Å². The van der Waals surface area contributed by atoms with E-state index in [9.17, 15) is 22.4 Å². The number of hydrogen-bond acceptors (Lipinski definition) is 4. The van der Waals surface area contributed by atoms with Crippen LogP contribution in [0.1, 0.15) is 30.9 Å². The Bertz CT molecular complexity index is 1670. The quantitative estimate of drug-likeness (QED) is 0.148. The second-order valence-corrected chi connectivity index (χ2v) is 13.0. The predicted octanol–water partition coefficient (Wildman–Crippen LogP) is 6.88. The molecule has 7 nitrogen and oxygen atoms in total. The van der Waals surface area contributed by atoms with E-state index in [0.717, 1.165) is 34.8 Å². The summed E-state index contributed by atoms with van der Waals surface area (Å²) in [5, 5.41) is 3.51. The summed E-state index contributed by atoms with van der Waals surface area (Å²) in [6, 6.07) is 25.6. The lowest BCUT2D eigenvalue weighted by Crippen LogP contribution is -2.53. The smallest absolute Gasteiger partial charge is 0.264 e. The second-order valence-electron chi connectivity index (χ2n) is 10.4. The highest BCUT2D eigenvalue weighted by molar-refractivity contribution is 7.92. The highest BCUT2D eigenvalue weighted by Gasteiger charge is 2.35. The monoisotopic (exact) mass is 669 g/mol. The van der Waals surface area contributed by atoms with E-state index in [1.165, 1.54) is 29.2 Å². The molecule has 0 aliphatic rings. The number of unbranched alkanes of at least 4 members (excludes halogenated alkanes) is 1. The van der Waals surface area contributed by atoms with E-state index in [2.05, 4.69) is 5.32 Å². The van der Waals surface area contributed by atoms with Gasteiger partial charge in [-0.3, -0.25) is 13.9 Å². The van der Waals surface area contributed by atoms with Crippen LogP contribution in [-0.4, -0.2) is 44.3 Å². The standard InChI is InChI=1S/C34H34Cl2FN3O4S/c1-2-3-21-38-34(42)32(22-25-11-6-4-7-12-25)39(23-29-30(35)15-10-16-31(29)36)33(41)24-40(27-19-17-26(37)18-20-27)45(43,44)28-13-8-5-9-14-28/h4-20,32H,2-3,21-24H2,1H3,(H,38,42)/t32-/m0/s1. The number of carbonyl (C=O) groups is 2. The summed E-state index contributed by atoms with van der Waals surface area (Å²) < 4.78 is 42.7. The summed E-state index contributed by atoms with van der Waals surface area (Å²) in [5.41, 5.74) is 1.28. The van der Waals surface area contributed by atoms with Crippen LogP contribution < -0.4 is 9.62 Å². The second kappa shape index (κ2) is 15.9. The number of carbonyl (C=O) groups excluding carboxylic acids is 2. The van der Waals surface area contributed by atoms with Crippen molar-refractivity contribution >= 4 is 50.7 Å². The summed E-state index contributed by atoms with van der Waals surface area (Å²) in [6.45, 7) is 1.55. The van der Waals surface area contributed by atoms with Gasteiger partial charge in [0.1, 0.15) is 18.4 Å². The van der Waals surface area contributed by atoms with Crippen LogP contribution in [0.2, 0.25) is 10.0 Å². The summed E-state index contributed by atoms with van der Waals surface area (Å²) in [7, 11) is -4.30. The molecule has 0 spiro atoms. The van der Waals surface area contributed by atoms with Gasteiger partial charge in [-0.2, -0.15) is 0 Å². The van der Waals surface area contributed by atoms with E-state index in [1.54, 1.807) is 36.4 Å². The topological polar surface area (TPSA) is 86.8 Å². The molecule has 1 atom stereocenters. The van der Waals surface area contributed by atoms with E-state index in [4.69, 9.17) is 23.2 Å². The van der Waals surface area contributed by atoms with Crippen LogP contribution in [0.4, 0.5) is 10.1 Å². The zero-order valence-corrected chi connectivity index (χ0v) is 27.0. The Labute approximate surface area is 273 Å². The minimum Gasteiger partial charge on any atom is -0.354 e. The first kappa shape index (κ1) is 34.0. The van der Waals surface area contributed by atoms with Crippen LogP contribution in [-0.2, 0) is 32.6 Å². The average Bonchev–Trinajstić information content (AvgIpc) is 3.04. The van der Waals surface area contributed by atoms with Gasteiger partial charge in [0.2, 0.25) is 11.8 Å². The average molecular weight is 671 g/mol. The van der Waals surface area contributed by atoms with Gasteiger partial charge in [0.25, 0.3) is 10.0 Å². The van der Waals surface area contributed by atoms with Crippen molar-refractivity contribution in [2.75, 3.05) is 17.4 Å². The third kappa shape index (κ3) is 8.84. The Morgan fingerprint density at radius 3 is 2.04 bits per heavy atom. The number of rotatable bonds is 14. The van der Waals surface area contributed by atoms with E-state index in [0.29, 0.717) is 12.1 Å². The maximum Gasteiger partial charge on any atom is 0.264 e. The molecule has 236 valence electrons. The van der Waals surface area contributed by atoms with E-state index in [-0.39, 0.29) is 33.6 Å². The summed E-state index contributed by atoms with van der Waals surface area (Å²) in [5.74, 6) is -1.65. The number of halogens is 3. The number of sulfonamides is 1. The first-order valence-corrected chi connectivity index (χ1v) is 16.7. The highest BCUT2D eigenvalue weighted by Crippen LogP contribution is 2.29. The molecule has 0 aromatic heterocycles. The molecule has 2 amide bonds. The lowest BCUT2D eigenvalue weighted by molar-refractivity contribution is -0.140. The molecule has 4 aromatic carbocycles. The van der Waals surface area contributed by atoms with Crippen molar-refractivity contribution in [3.63, 3.8) is 0 Å². The number of hydrogen-bond donors (Lipinski definition) is 1. The maximum absolute atomic E-state index is 14.4. The fraction of sp³-hybridized carbons (Fsp3) is 0.235. The molecule has 0 bridgehead atoms. The predicted molar refractivity (Wildman–Crippen MR) is 176 cm³/mol. The number of nitrogens with zero attached hydrogens (tertiary/aromatic N) is 2. The van der Waals surface area contributed by atoms with Crippen molar-refractivity contribution in [2.24, 2.45) is 0 Å². The number of benzene rings is 4. The van der Waals surface area contributed by atoms with Crippen molar-refractivity contribution in [3.05, 3.63) is 130 Å². The van der Waals surface area contributed by atoms with Crippen LogP contribution in [0.25, 0.3) is 0 Å². The lowest BCUT2D eigenvalue weighted by atomic mass is 10.0. The molecule has 0 radical (unpaired) electrons. The minimum atomic E-state index is -4.30. The minimum absolute atomic E-state index is 0.0547. The Morgan fingerprint density at radius 2 is 1.44 bits per heavy atom. The zero-order valence-electron chi connectivity index (χ0n) is 24.7. The first-order chi connectivity index (χ1) is 21.6. The molecule has 1 N–H and O–H groups in total. The molecule has 0 aliphatic heterocycles. The first-order valence-electron chi connectivity index (χ1n) is 14.5. The van der Waals surface area contributed by atoms with Gasteiger partial charge in [0, 0.05) is 35.1 Å². The van der Waals surface area contributed by atoms with Gasteiger partial charge in [-0.15, -0.1) is 0 Å². The number of nitrogens with one attached hydrogen (secondary N) is 1. The van der Waals surface area contributed by atoms with Gasteiger partial charge in [-0.25, -0.2) is 12.8 Å². The fourth-order valence-corrected chi connectivity index (χ4v) is 6.72. The van der Waals surface area contributed by atoms with E-state index < -0.39 is 40.2 Å². The zero-order chi connectivity index (χ0) is 32.4. The van der Waals surface area contributed by atoms with Gasteiger partial charge in [0.05, 0.1) is 10.6 Å². The molecule has 0 saturated carbocycles. The van der Waals surface area contributed by atoms with Crippen molar-refractivity contribution in [2.45, 2.75) is 43.7 Å². The molecular formula is C34H34Cl2FN3O4S. The molecule has 0 fully saturated rings. The van der Waals surface area contributed by atoms with E-state index in [1.807, 2.05) is 37.3 Å². The van der Waals surface area contributed by atoms with Gasteiger partial charge >= 0.3 is 0 Å². The molecule has 4 rings (SSSR count). The largest absolute Gasteiger partial charge is 0.354 e. The van der Waals surface area contributed by atoms with Crippen LogP contribution in [0.15, 0.2) is 108 Å².